The summed E-state index contributed by atoms with van der Waals surface area (Å²) in [6.07, 6.45) is 3.22. The molecule has 3 rings (SSSR count). The van der Waals surface area contributed by atoms with Gasteiger partial charge in [-0.25, -0.2) is 0 Å². The lowest BCUT2D eigenvalue weighted by Crippen LogP contribution is -2.29. The summed E-state index contributed by atoms with van der Waals surface area (Å²) in [6, 6.07) is 13.1. The van der Waals surface area contributed by atoms with Crippen molar-refractivity contribution in [3.8, 4) is 0 Å². The average Bonchev–Trinajstić information content (AvgIpc) is 2.92. The van der Waals surface area contributed by atoms with Crippen molar-refractivity contribution in [1.29, 1.82) is 0 Å². The van der Waals surface area contributed by atoms with Crippen LogP contribution in [0, 0.1) is 0 Å². The maximum Gasteiger partial charge on any atom is 0.284 e. The topological polar surface area (TPSA) is 66.8 Å². The first-order valence-electron chi connectivity index (χ1n) is 7.98. The van der Waals surface area contributed by atoms with Gasteiger partial charge in [-0.15, -0.1) is 11.0 Å². The number of amidine groups is 1. The molecule has 2 aromatic rings. The number of benzene rings is 2. The number of thioether (sulfide) groups is 1. The minimum Gasteiger partial charge on any atom is -0.282 e. The summed E-state index contributed by atoms with van der Waals surface area (Å²) >= 11 is 10.2. The van der Waals surface area contributed by atoms with Gasteiger partial charge in [-0.1, -0.05) is 45.7 Å². The lowest BCUT2D eigenvalue weighted by atomic mass is 10.2. The van der Waals surface area contributed by atoms with E-state index in [4.69, 9.17) is 11.6 Å². The summed E-state index contributed by atoms with van der Waals surface area (Å²) in [5, 5.41) is 0.508. The zero-order valence-corrected chi connectivity index (χ0v) is 18.4. The Kier molecular flexibility index (Phi) is 6.44. The van der Waals surface area contributed by atoms with E-state index < -0.39 is 10.0 Å². The molecule has 144 valence electrons. The van der Waals surface area contributed by atoms with E-state index in [1.807, 2.05) is 24.3 Å². The van der Waals surface area contributed by atoms with Gasteiger partial charge in [-0.2, -0.15) is 8.42 Å². The van der Waals surface area contributed by atoms with E-state index in [2.05, 4.69) is 26.9 Å². The molecule has 0 spiro atoms. The van der Waals surface area contributed by atoms with Crippen LogP contribution in [0.1, 0.15) is 5.56 Å². The van der Waals surface area contributed by atoms with Gasteiger partial charge in [0, 0.05) is 16.0 Å². The summed E-state index contributed by atoms with van der Waals surface area (Å²) in [4.78, 5) is 14.4. The van der Waals surface area contributed by atoms with Crippen molar-refractivity contribution < 1.29 is 13.2 Å². The molecular formula is C19H14BrClN2O3S2. The number of carbonyl (C=O) groups excluding carboxylic acids is 1. The molecule has 0 saturated carbocycles. The maximum atomic E-state index is 12.7. The van der Waals surface area contributed by atoms with Crippen molar-refractivity contribution >= 4 is 66.5 Å². The van der Waals surface area contributed by atoms with Crippen molar-refractivity contribution in [2.75, 3.05) is 6.54 Å². The third kappa shape index (κ3) is 4.75. The standard InChI is InChI=1S/C19H14BrClN2O3S2/c1-2-11-23-18(24)17(12-13-3-5-14(20)6-4-13)27-19(23)22-28(25,26)16-9-7-15(21)8-10-16/h2-10,12H,1,11H2. The molecule has 9 heteroatoms. The first kappa shape index (κ1) is 20.9. The van der Waals surface area contributed by atoms with Crippen molar-refractivity contribution in [2.24, 2.45) is 4.40 Å². The van der Waals surface area contributed by atoms with E-state index in [1.54, 1.807) is 6.08 Å². The predicted molar refractivity (Wildman–Crippen MR) is 118 cm³/mol. The lowest BCUT2D eigenvalue weighted by molar-refractivity contribution is -0.121. The van der Waals surface area contributed by atoms with Gasteiger partial charge in [0.1, 0.15) is 0 Å². The Morgan fingerprint density at radius 3 is 2.39 bits per heavy atom. The van der Waals surface area contributed by atoms with Crippen molar-refractivity contribution in [2.45, 2.75) is 4.90 Å². The van der Waals surface area contributed by atoms with Crippen LogP contribution < -0.4 is 0 Å². The highest BCUT2D eigenvalue weighted by molar-refractivity contribution is 9.10. The molecule has 0 unspecified atom stereocenters. The van der Waals surface area contributed by atoms with E-state index in [9.17, 15) is 13.2 Å². The molecule has 2 aromatic carbocycles. The Morgan fingerprint density at radius 2 is 1.79 bits per heavy atom. The van der Waals surface area contributed by atoms with Gasteiger partial charge in [-0.3, -0.25) is 9.69 Å². The number of hydrogen-bond acceptors (Lipinski definition) is 4. The third-order valence-electron chi connectivity index (χ3n) is 3.68. The van der Waals surface area contributed by atoms with Crippen LogP contribution in [0.2, 0.25) is 5.02 Å². The van der Waals surface area contributed by atoms with Crippen LogP contribution >= 0.6 is 39.3 Å². The summed E-state index contributed by atoms with van der Waals surface area (Å²) < 4.78 is 30.1. The van der Waals surface area contributed by atoms with Crippen LogP contribution in [0.4, 0.5) is 0 Å². The normalized spacial score (nSPS) is 17.5. The molecule has 1 fully saturated rings. The molecule has 5 nitrogen and oxygen atoms in total. The van der Waals surface area contributed by atoms with Crippen LogP contribution in [0.25, 0.3) is 6.08 Å². The molecule has 0 N–H and O–H groups in total. The molecule has 1 saturated heterocycles. The van der Waals surface area contributed by atoms with E-state index in [0.717, 1.165) is 21.8 Å². The van der Waals surface area contributed by atoms with Crippen LogP contribution in [-0.4, -0.2) is 30.9 Å². The fraction of sp³-hybridized carbons (Fsp3) is 0.0526. The zero-order chi connectivity index (χ0) is 20.3. The van der Waals surface area contributed by atoms with Gasteiger partial charge in [-0.05, 0) is 59.8 Å². The quantitative estimate of drug-likeness (QED) is 0.433. The van der Waals surface area contributed by atoms with E-state index in [0.29, 0.717) is 9.93 Å². The third-order valence-corrected chi connectivity index (χ3v) is 6.86. The van der Waals surface area contributed by atoms with E-state index >= 15 is 0 Å². The van der Waals surface area contributed by atoms with Gasteiger partial charge in [0.2, 0.25) is 0 Å². The predicted octanol–water partition coefficient (Wildman–Crippen LogP) is 4.95. The molecule has 1 aliphatic heterocycles. The number of sulfonamides is 1. The average molecular weight is 498 g/mol. The van der Waals surface area contributed by atoms with Crippen LogP contribution in [-0.2, 0) is 14.8 Å². The van der Waals surface area contributed by atoms with Crippen LogP contribution in [0.5, 0.6) is 0 Å². The molecular weight excluding hydrogens is 484 g/mol. The molecule has 0 aromatic heterocycles. The summed E-state index contributed by atoms with van der Waals surface area (Å²) in [7, 11) is -3.99. The fourth-order valence-electron chi connectivity index (χ4n) is 2.34. The van der Waals surface area contributed by atoms with Gasteiger partial charge in [0.15, 0.2) is 5.17 Å². The lowest BCUT2D eigenvalue weighted by Gasteiger charge is -2.12. The van der Waals surface area contributed by atoms with Gasteiger partial charge in [0.25, 0.3) is 15.9 Å². The minimum absolute atomic E-state index is 0.00124. The van der Waals surface area contributed by atoms with Gasteiger partial charge >= 0.3 is 0 Å². The zero-order valence-electron chi connectivity index (χ0n) is 14.4. The highest BCUT2D eigenvalue weighted by Gasteiger charge is 2.34. The highest BCUT2D eigenvalue weighted by Crippen LogP contribution is 2.34. The molecule has 0 bridgehead atoms. The van der Waals surface area contributed by atoms with Gasteiger partial charge in [0.05, 0.1) is 9.80 Å². The van der Waals surface area contributed by atoms with Crippen molar-refractivity contribution in [3.63, 3.8) is 0 Å². The van der Waals surface area contributed by atoms with E-state index in [-0.39, 0.29) is 22.5 Å². The molecule has 0 radical (unpaired) electrons. The number of hydrogen-bond donors (Lipinski definition) is 0. The van der Waals surface area contributed by atoms with Crippen molar-refractivity contribution in [3.05, 3.63) is 81.1 Å². The second kappa shape index (κ2) is 8.65. The SMILES string of the molecule is C=CCN1C(=O)C(=Cc2ccc(Br)cc2)SC1=NS(=O)(=O)c1ccc(Cl)cc1. The monoisotopic (exact) mass is 496 g/mol. The van der Waals surface area contributed by atoms with Crippen molar-refractivity contribution in [1.82, 2.24) is 4.90 Å². The number of nitrogens with zero attached hydrogens (tertiary/aromatic N) is 2. The second-order valence-electron chi connectivity index (χ2n) is 5.67. The number of carbonyl (C=O) groups is 1. The summed E-state index contributed by atoms with van der Waals surface area (Å²) in [5.41, 5.74) is 0.819. The molecule has 1 heterocycles. The molecule has 0 atom stereocenters. The fourth-order valence-corrected chi connectivity index (χ4v) is 4.92. The smallest absolute Gasteiger partial charge is 0.282 e. The maximum absolute atomic E-state index is 12.7. The summed E-state index contributed by atoms with van der Waals surface area (Å²) in [6.45, 7) is 3.78. The Morgan fingerprint density at radius 1 is 1.14 bits per heavy atom. The Bertz CT molecular complexity index is 1080. The highest BCUT2D eigenvalue weighted by atomic mass is 79.9. The second-order valence-corrected chi connectivity index (χ2v) is 9.63. The summed E-state index contributed by atoms with van der Waals surface area (Å²) in [5.74, 6) is -0.321. The van der Waals surface area contributed by atoms with Gasteiger partial charge < -0.3 is 0 Å². The molecule has 1 aliphatic rings. The first-order valence-corrected chi connectivity index (χ1v) is 11.4. The molecule has 1 amide bonds. The largest absolute Gasteiger partial charge is 0.284 e. The van der Waals surface area contributed by atoms with Crippen LogP contribution in [0.15, 0.2) is 79.9 Å². The number of rotatable bonds is 5. The number of amides is 1. The van der Waals surface area contributed by atoms with E-state index in [1.165, 1.54) is 35.2 Å². The Balaban J connectivity index is 1.98. The Hall–Kier alpha value is -1.87. The molecule has 0 aliphatic carbocycles. The Labute approximate surface area is 181 Å². The van der Waals surface area contributed by atoms with Crippen LogP contribution in [0.3, 0.4) is 0 Å². The number of halogens is 2. The minimum atomic E-state index is -3.99. The first-order chi connectivity index (χ1) is 13.3. The molecule has 28 heavy (non-hydrogen) atoms.